The van der Waals surface area contributed by atoms with Gasteiger partial charge in [0.05, 0.1) is 28.3 Å². The zero-order valence-corrected chi connectivity index (χ0v) is 33.2. The maximum atomic E-state index is 14.6. The summed E-state index contributed by atoms with van der Waals surface area (Å²) in [7, 11) is 0. The van der Waals surface area contributed by atoms with E-state index in [-0.39, 0.29) is 42.6 Å². The number of imidazole rings is 1. The first kappa shape index (κ1) is 43.7. The number of carbonyl (C=O) groups excluding carboxylic acids is 3. The summed E-state index contributed by atoms with van der Waals surface area (Å²) in [6, 6.07) is 13.7. The van der Waals surface area contributed by atoms with Gasteiger partial charge in [0.15, 0.2) is 0 Å². The van der Waals surface area contributed by atoms with Crippen molar-refractivity contribution in [3.8, 4) is 11.6 Å². The summed E-state index contributed by atoms with van der Waals surface area (Å²) < 4.78 is 12.5. The van der Waals surface area contributed by atoms with Crippen LogP contribution in [0.4, 0.5) is 16.2 Å². The minimum atomic E-state index is -1.40. The van der Waals surface area contributed by atoms with Gasteiger partial charge in [-0.05, 0) is 50.8 Å². The summed E-state index contributed by atoms with van der Waals surface area (Å²) in [5, 5.41) is 43.5. The van der Waals surface area contributed by atoms with E-state index in [1.807, 2.05) is 0 Å². The topological polar surface area (TPSA) is 243 Å². The standard InChI is InChI=1S/C41H50N8O10/c1-41(2,3)59-40(53)46-32(21-28-14-8-5-9-15-28)38(51)45-33(22-30-24-42-26-47(30)34-18-17-29(48(54)55)23-35(34)49(56)57)39(52)44-31(20-27-12-6-4-7-13-27)36(50)25-58-37-16-10-11-19-43-37/h5,8-11,14-19,23-24,26-27,31-33,36,50H,4,6-7,12-13,20-22,25H2,1-3H3,(H,44,52)(H,45,51)(H,46,53)/t31-,32-,33-,36-/m0/s1. The van der Waals surface area contributed by atoms with Gasteiger partial charge in [0, 0.05) is 43.1 Å². The molecule has 1 fully saturated rings. The SMILES string of the molecule is CC(C)(C)OC(=O)N[C@@H](Cc1ccccc1)C(=O)N[C@@H](Cc1cncn1-c1ccc([N+](=O)[O-])cc1[N+](=O)[O-])C(=O)N[C@@H](CC1CCCCC1)[C@@H](O)COc1ccccn1. The Morgan fingerprint density at radius 1 is 0.898 bits per heavy atom. The Kier molecular flexibility index (Phi) is 15.0. The molecule has 1 aliphatic rings. The summed E-state index contributed by atoms with van der Waals surface area (Å²) in [5.74, 6) is -0.952. The van der Waals surface area contributed by atoms with Gasteiger partial charge in [-0.15, -0.1) is 0 Å². The first-order valence-electron chi connectivity index (χ1n) is 19.5. The Hall–Kier alpha value is -6.43. The van der Waals surface area contributed by atoms with Crippen LogP contribution in [-0.2, 0) is 27.2 Å². The first-order valence-corrected chi connectivity index (χ1v) is 19.5. The molecule has 3 amide bonds. The number of aromatic nitrogens is 3. The summed E-state index contributed by atoms with van der Waals surface area (Å²) in [4.78, 5) is 72.2. The van der Waals surface area contributed by atoms with Gasteiger partial charge in [-0.2, -0.15) is 0 Å². The minimum absolute atomic E-state index is 0.0288. The molecule has 0 spiro atoms. The Balaban J connectivity index is 1.48. The van der Waals surface area contributed by atoms with Crippen molar-refractivity contribution in [3.05, 3.63) is 117 Å². The highest BCUT2D eigenvalue weighted by Gasteiger charge is 2.34. The van der Waals surface area contributed by atoms with Gasteiger partial charge < -0.3 is 30.5 Å². The van der Waals surface area contributed by atoms with E-state index in [2.05, 4.69) is 25.9 Å². The molecule has 59 heavy (non-hydrogen) atoms. The van der Waals surface area contributed by atoms with Crippen LogP contribution in [0, 0.1) is 26.1 Å². The Morgan fingerprint density at radius 3 is 2.25 bits per heavy atom. The molecule has 314 valence electrons. The van der Waals surface area contributed by atoms with Crippen LogP contribution in [0.25, 0.3) is 5.69 Å². The summed E-state index contributed by atoms with van der Waals surface area (Å²) in [6.45, 7) is 4.84. The Morgan fingerprint density at radius 2 is 1.59 bits per heavy atom. The average Bonchev–Trinajstić information content (AvgIpc) is 3.67. The number of alkyl carbamates (subject to hydrolysis) is 1. The van der Waals surface area contributed by atoms with Crippen molar-refractivity contribution >= 4 is 29.3 Å². The minimum Gasteiger partial charge on any atom is -0.475 e. The van der Waals surface area contributed by atoms with Gasteiger partial charge in [0.1, 0.15) is 36.1 Å². The van der Waals surface area contributed by atoms with E-state index in [9.17, 15) is 39.7 Å². The van der Waals surface area contributed by atoms with Gasteiger partial charge in [0.25, 0.3) is 11.4 Å². The van der Waals surface area contributed by atoms with Gasteiger partial charge in [-0.1, -0.05) is 68.5 Å². The number of aliphatic hydroxyl groups excluding tert-OH is 1. The maximum absolute atomic E-state index is 14.6. The monoisotopic (exact) mass is 814 g/mol. The molecule has 4 aromatic rings. The lowest BCUT2D eigenvalue weighted by molar-refractivity contribution is -0.394. The van der Waals surface area contributed by atoms with Crippen molar-refractivity contribution < 1.29 is 38.8 Å². The lowest BCUT2D eigenvalue weighted by Gasteiger charge is -2.31. The van der Waals surface area contributed by atoms with Crippen molar-refractivity contribution in [2.45, 2.75) is 102 Å². The van der Waals surface area contributed by atoms with Crippen LogP contribution in [0.15, 0.2) is 85.5 Å². The molecule has 18 heteroatoms. The molecule has 0 bridgehead atoms. The van der Waals surface area contributed by atoms with Gasteiger partial charge >= 0.3 is 6.09 Å². The number of nitrogens with one attached hydrogen (secondary N) is 3. The van der Waals surface area contributed by atoms with E-state index < -0.39 is 69.0 Å². The summed E-state index contributed by atoms with van der Waals surface area (Å²) in [5.41, 5.74) is -1.10. The van der Waals surface area contributed by atoms with E-state index in [0.717, 1.165) is 44.2 Å². The Labute approximate surface area is 341 Å². The fourth-order valence-corrected chi connectivity index (χ4v) is 6.96. The third-order valence-corrected chi connectivity index (χ3v) is 9.82. The summed E-state index contributed by atoms with van der Waals surface area (Å²) in [6.07, 6.45) is 7.21. The highest BCUT2D eigenvalue weighted by atomic mass is 16.6. The fraction of sp³-hybridized carbons (Fsp3) is 0.439. The second-order valence-electron chi connectivity index (χ2n) is 15.5. The van der Waals surface area contributed by atoms with Crippen LogP contribution in [-0.4, -0.2) is 83.8 Å². The number of rotatable bonds is 18. The molecule has 18 nitrogen and oxygen atoms in total. The van der Waals surface area contributed by atoms with Crippen molar-refractivity contribution in [2.24, 2.45) is 5.92 Å². The smallest absolute Gasteiger partial charge is 0.408 e. The number of hydrogen-bond donors (Lipinski definition) is 4. The van der Waals surface area contributed by atoms with Crippen molar-refractivity contribution in [2.75, 3.05) is 6.61 Å². The zero-order valence-electron chi connectivity index (χ0n) is 33.2. The van der Waals surface area contributed by atoms with Crippen LogP contribution in [0.1, 0.15) is 70.6 Å². The molecule has 0 aliphatic heterocycles. The molecular weight excluding hydrogens is 764 g/mol. The number of aliphatic hydroxyl groups is 1. The van der Waals surface area contributed by atoms with Crippen LogP contribution < -0.4 is 20.7 Å². The molecule has 4 N–H and O–H groups in total. The number of carbonyl (C=O) groups is 3. The number of benzene rings is 2. The third-order valence-electron chi connectivity index (χ3n) is 9.82. The number of nitro benzene ring substituents is 2. The predicted molar refractivity (Wildman–Crippen MR) is 215 cm³/mol. The largest absolute Gasteiger partial charge is 0.475 e. The molecule has 1 saturated carbocycles. The number of hydrogen-bond acceptors (Lipinski definition) is 12. The molecule has 0 radical (unpaired) electrons. The number of pyridine rings is 1. The normalized spacial score (nSPS) is 15.2. The van der Waals surface area contributed by atoms with Gasteiger partial charge in [-0.3, -0.25) is 34.4 Å². The van der Waals surface area contributed by atoms with Crippen LogP contribution in [0.3, 0.4) is 0 Å². The second kappa shape index (κ2) is 20.3. The van der Waals surface area contributed by atoms with Crippen molar-refractivity contribution in [3.63, 3.8) is 0 Å². The van der Waals surface area contributed by atoms with E-state index in [1.165, 1.54) is 23.2 Å². The van der Waals surface area contributed by atoms with Gasteiger partial charge in [-0.25, -0.2) is 14.8 Å². The van der Waals surface area contributed by atoms with Crippen LogP contribution in [0.5, 0.6) is 5.88 Å². The lowest BCUT2D eigenvalue weighted by atomic mass is 9.83. The number of nitro groups is 2. The number of amides is 3. The highest BCUT2D eigenvalue weighted by molar-refractivity contribution is 5.91. The molecule has 0 saturated heterocycles. The van der Waals surface area contributed by atoms with E-state index in [0.29, 0.717) is 12.0 Å². The van der Waals surface area contributed by atoms with Crippen LogP contribution in [0.2, 0.25) is 0 Å². The maximum Gasteiger partial charge on any atom is 0.408 e. The van der Waals surface area contributed by atoms with Crippen molar-refractivity contribution in [1.29, 1.82) is 0 Å². The predicted octanol–water partition coefficient (Wildman–Crippen LogP) is 5.14. The first-order chi connectivity index (χ1) is 28.2. The number of ether oxygens (including phenoxy) is 2. The number of non-ortho nitro benzene ring substituents is 1. The Bertz CT molecular complexity index is 2050. The van der Waals surface area contributed by atoms with E-state index in [1.54, 1.807) is 75.5 Å². The second-order valence-corrected chi connectivity index (χ2v) is 15.5. The van der Waals surface area contributed by atoms with Crippen molar-refractivity contribution in [1.82, 2.24) is 30.5 Å². The fourth-order valence-electron chi connectivity index (χ4n) is 6.96. The van der Waals surface area contributed by atoms with Gasteiger partial charge in [0.2, 0.25) is 17.7 Å². The highest BCUT2D eigenvalue weighted by Crippen LogP contribution is 2.30. The lowest BCUT2D eigenvalue weighted by Crippen LogP contribution is -2.58. The van der Waals surface area contributed by atoms with E-state index >= 15 is 0 Å². The molecule has 2 aromatic heterocycles. The third kappa shape index (κ3) is 13.0. The quantitative estimate of drug-likeness (QED) is 0.0754. The van der Waals surface area contributed by atoms with Crippen LogP contribution >= 0.6 is 0 Å². The molecule has 4 atom stereocenters. The van der Waals surface area contributed by atoms with E-state index in [4.69, 9.17) is 9.47 Å². The molecule has 5 rings (SSSR count). The zero-order chi connectivity index (χ0) is 42.5. The molecular formula is C41H50N8O10. The molecule has 1 aliphatic carbocycles. The summed E-state index contributed by atoms with van der Waals surface area (Å²) >= 11 is 0. The molecule has 2 aromatic carbocycles. The molecule has 0 unspecified atom stereocenters. The molecule has 2 heterocycles. The number of nitrogens with zero attached hydrogens (tertiary/aromatic N) is 5. The average molecular weight is 815 g/mol.